The van der Waals surface area contributed by atoms with Crippen LogP contribution >= 0.6 is 0 Å². The summed E-state index contributed by atoms with van der Waals surface area (Å²) >= 11 is 0. The van der Waals surface area contributed by atoms with Gasteiger partial charge >= 0.3 is 0 Å². The van der Waals surface area contributed by atoms with Gasteiger partial charge < -0.3 is 4.74 Å². The first-order valence-corrected chi connectivity index (χ1v) is 12.6. The first-order chi connectivity index (χ1) is 15.2. The van der Waals surface area contributed by atoms with Crippen molar-refractivity contribution >= 4 is 15.9 Å². The molecule has 1 aliphatic heterocycles. The van der Waals surface area contributed by atoms with Crippen molar-refractivity contribution in [2.24, 2.45) is 0 Å². The number of hydrogen-bond donors (Lipinski definition) is 1. The van der Waals surface area contributed by atoms with Gasteiger partial charge in [-0.3, -0.25) is 9.69 Å². The molecule has 1 saturated carbocycles. The molecule has 1 N–H and O–H groups in total. The van der Waals surface area contributed by atoms with Gasteiger partial charge in [-0.25, -0.2) is 21.9 Å². The number of piperidine rings is 1. The van der Waals surface area contributed by atoms with E-state index >= 15 is 0 Å². The summed E-state index contributed by atoms with van der Waals surface area (Å²) < 4.78 is 58.2. The van der Waals surface area contributed by atoms with E-state index in [0.29, 0.717) is 12.3 Å². The highest BCUT2D eigenvalue weighted by Gasteiger charge is 2.30. The third kappa shape index (κ3) is 5.83. The highest BCUT2D eigenvalue weighted by molar-refractivity contribution is 7.89. The maximum absolute atomic E-state index is 14.7. The number of likely N-dealkylation sites (tertiary alicyclic amines) is 1. The van der Waals surface area contributed by atoms with Gasteiger partial charge in [-0.05, 0) is 79.1 Å². The van der Waals surface area contributed by atoms with Gasteiger partial charge in [0.1, 0.15) is 23.5 Å². The number of benzene rings is 2. The van der Waals surface area contributed by atoms with E-state index in [2.05, 4.69) is 4.90 Å². The molecule has 1 aliphatic carbocycles. The first-order valence-electron chi connectivity index (χ1n) is 10.7. The van der Waals surface area contributed by atoms with Crippen LogP contribution in [0.4, 0.5) is 8.78 Å². The van der Waals surface area contributed by atoms with Crippen LogP contribution in [0.5, 0.6) is 5.75 Å². The van der Waals surface area contributed by atoms with E-state index in [1.54, 1.807) is 12.1 Å². The fraction of sp³-hybridized carbons (Fsp3) is 0.435. The van der Waals surface area contributed by atoms with Gasteiger partial charge in [-0.2, -0.15) is 0 Å². The Morgan fingerprint density at radius 1 is 1.09 bits per heavy atom. The van der Waals surface area contributed by atoms with Crippen LogP contribution in [0.1, 0.15) is 53.1 Å². The van der Waals surface area contributed by atoms with Crippen LogP contribution in [-0.2, 0) is 16.6 Å². The summed E-state index contributed by atoms with van der Waals surface area (Å²) in [5, 5.41) is 0. The maximum atomic E-state index is 14.7. The zero-order valence-electron chi connectivity index (χ0n) is 17.8. The summed E-state index contributed by atoms with van der Waals surface area (Å²) in [5.74, 6) is -1.05. The van der Waals surface area contributed by atoms with E-state index in [1.165, 1.54) is 24.3 Å². The number of ether oxygens (including phenoxy) is 1. The number of nitrogens with one attached hydrogen (secondary N) is 1. The molecule has 6 nitrogen and oxygen atoms in total. The molecule has 4 rings (SSSR count). The lowest BCUT2D eigenvalue weighted by atomic mass is 9.97. The Hall–Kier alpha value is -2.52. The van der Waals surface area contributed by atoms with Crippen LogP contribution in [0.3, 0.4) is 0 Å². The second-order valence-electron chi connectivity index (χ2n) is 8.56. The molecule has 0 bridgehead atoms. The van der Waals surface area contributed by atoms with E-state index < -0.39 is 21.7 Å². The summed E-state index contributed by atoms with van der Waals surface area (Å²) in [6, 6.07) is 8.86. The van der Waals surface area contributed by atoms with E-state index in [-0.39, 0.29) is 23.4 Å². The van der Waals surface area contributed by atoms with Gasteiger partial charge in [0.25, 0.3) is 5.91 Å². The Bertz CT molecular complexity index is 1090. The molecule has 2 fully saturated rings. The largest absolute Gasteiger partial charge is 0.490 e. The minimum Gasteiger partial charge on any atom is -0.490 e. The number of amides is 1. The van der Waals surface area contributed by atoms with Crippen molar-refractivity contribution in [3.05, 3.63) is 64.7 Å². The zero-order chi connectivity index (χ0) is 22.9. The van der Waals surface area contributed by atoms with E-state index in [4.69, 9.17) is 4.74 Å². The molecule has 32 heavy (non-hydrogen) atoms. The summed E-state index contributed by atoms with van der Waals surface area (Å²) in [6.07, 6.45) is 4.44. The average molecular weight is 465 g/mol. The van der Waals surface area contributed by atoms with Gasteiger partial charge in [-0.1, -0.05) is 0 Å². The Kier molecular flexibility index (Phi) is 6.48. The lowest BCUT2D eigenvalue weighted by Gasteiger charge is -2.32. The topological polar surface area (TPSA) is 75.7 Å². The summed E-state index contributed by atoms with van der Waals surface area (Å²) in [4.78, 5) is 14.4. The molecule has 9 heteroatoms. The number of carbonyl (C=O) groups excluding carboxylic acids is 1. The molecule has 0 aromatic heterocycles. The molecule has 0 atom stereocenters. The Morgan fingerprint density at radius 2 is 1.75 bits per heavy atom. The Balaban J connectivity index is 1.41. The number of halogens is 2. The lowest BCUT2D eigenvalue weighted by molar-refractivity contribution is 0.0960. The van der Waals surface area contributed by atoms with E-state index in [9.17, 15) is 22.0 Å². The molecule has 0 spiro atoms. The molecule has 1 saturated heterocycles. The second-order valence-corrected chi connectivity index (χ2v) is 10.3. The third-order valence-electron chi connectivity index (χ3n) is 5.81. The second kappa shape index (κ2) is 9.15. The molecule has 172 valence electrons. The van der Waals surface area contributed by atoms with Crippen molar-refractivity contribution in [3.63, 3.8) is 0 Å². The third-order valence-corrected chi connectivity index (χ3v) is 6.37. The number of hydrogen-bond acceptors (Lipinski definition) is 5. The predicted octanol–water partition coefficient (Wildman–Crippen LogP) is 3.58. The number of carbonyl (C=O) groups is 1. The standard InChI is InChI=1S/C23H26F2N2O4S/c1-32(29,30)26-23(28)21-13-20(15-2-3-15)16(12-22(21)25)14-27-10-8-19(9-11-27)31-18-6-4-17(24)5-7-18/h4-7,12-13,15,19H,2-3,8-11,14H2,1H3,(H,26,28). The summed E-state index contributed by atoms with van der Waals surface area (Å²) in [6.45, 7) is 2.10. The SMILES string of the molecule is CS(=O)(=O)NC(=O)c1cc(C2CC2)c(CN2CCC(Oc3ccc(F)cc3)CC2)cc1F. The number of nitrogens with zero attached hydrogens (tertiary/aromatic N) is 1. The minimum atomic E-state index is -3.77. The van der Waals surface area contributed by atoms with Crippen LogP contribution in [-0.4, -0.2) is 44.7 Å². The van der Waals surface area contributed by atoms with Crippen molar-refractivity contribution < 1.29 is 26.7 Å². The van der Waals surface area contributed by atoms with E-state index in [1.807, 2.05) is 4.72 Å². The van der Waals surface area contributed by atoms with Crippen LogP contribution in [0.25, 0.3) is 0 Å². The van der Waals surface area contributed by atoms with Gasteiger partial charge in [0.05, 0.1) is 11.8 Å². The quantitative estimate of drug-likeness (QED) is 0.678. The van der Waals surface area contributed by atoms with Crippen LogP contribution in [0, 0.1) is 11.6 Å². The van der Waals surface area contributed by atoms with Gasteiger partial charge in [0.2, 0.25) is 10.0 Å². The van der Waals surface area contributed by atoms with Gasteiger partial charge in [-0.15, -0.1) is 0 Å². The number of rotatable bonds is 7. The molecular weight excluding hydrogens is 438 g/mol. The molecule has 2 aliphatic rings. The Labute approximate surface area is 186 Å². The number of sulfonamides is 1. The van der Waals surface area contributed by atoms with Crippen LogP contribution < -0.4 is 9.46 Å². The van der Waals surface area contributed by atoms with Crippen molar-refractivity contribution in [2.75, 3.05) is 19.3 Å². The monoisotopic (exact) mass is 464 g/mol. The molecule has 0 unspecified atom stereocenters. The smallest absolute Gasteiger partial charge is 0.267 e. The average Bonchev–Trinajstić information content (AvgIpc) is 3.55. The van der Waals surface area contributed by atoms with Crippen molar-refractivity contribution in [1.29, 1.82) is 0 Å². The van der Waals surface area contributed by atoms with Crippen molar-refractivity contribution in [1.82, 2.24) is 9.62 Å². The summed E-state index contributed by atoms with van der Waals surface area (Å²) in [5.41, 5.74) is 1.50. The molecular formula is C23H26F2N2O4S. The summed E-state index contributed by atoms with van der Waals surface area (Å²) in [7, 11) is -3.77. The molecule has 0 radical (unpaired) electrons. The fourth-order valence-corrected chi connectivity index (χ4v) is 4.52. The van der Waals surface area contributed by atoms with Gasteiger partial charge in [0.15, 0.2) is 0 Å². The normalized spacial score (nSPS) is 17.8. The predicted molar refractivity (Wildman–Crippen MR) is 116 cm³/mol. The van der Waals surface area contributed by atoms with E-state index in [0.717, 1.165) is 56.2 Å². The lowest BCUT2D eigenvalue weighted by Crippen LogP contribution is -2.38. The van der Waals surface area contributed by atoms with Crippen molar-refractivity contribution in [2.45, 2.75) is 44.2 Å². The molecule has 1 amide bonds. The fourth-order valence-electron chi connectivity index (χ4n) is 4.07. The Morgan fingerprint density at radius 3 is 2.34 bits per heavy atom. The maximum Gasteiger partial charge on any atom is 0.267 e. The minimum absolute atomic E-state index is 0.0402. The van der Waals surface area contributed by atoms with Gasteiger partial charge in [0, 0.05) is 19.6 Å². The molecule has 1 heterocycles. The van der Waals surface area contributed by atoms with Crippen LogP contribution in [0.15, 0.2) is 36.4 Å². The molecule has 2 aromatic rings. The first kappa shape index (κ1) is 22.7. The highest BCUT2D eigenvalue weighted by atomic mass is 32.2. The molecule has 2 aromatic carbocycles. The van der Waals surface area contributed by atoms with Crippen LogP contribution in [0.2, 0.25) is 0 Å². The highest BCUT2D eigenvalue weighted by Crippen LogP contribution is 2.43. The van der Waals surface area contributed by atoms with Crippen molar-refractivity contribution in [3.8, 4) is 5.75 Å². The zero-order valence-corrected chi connectivity index (χ0v) is 18.6.